The fourth-order valence-electron chi connectivity index (χ4n) is 2.79. The minimum Gasteiger partial charge on any atom is -0.390 e. The summed E-state index contributed by atoms with van der Waals surface area (Å²) in [6, 6.07) is 3.66. The summed E-state index contributed by atoms with van der Waals surface area (Å²) in [7, 11) is 0. The molecule has 0 aliphatic carbocycles. The maximum absolute atomic E-state index is 12.3. The minimum atomic E-state index is -0.693. The molecule has 1 N–H and O–H groups in total. The molecule has 0 saturated carbocycles. The van der Waals surface area contributed by atoms with E-state index < -0.39 is 5.60 Å². The van der Waals surface area contributed by atoms with Gasteiger partial charge in [0, 0.05) is 49.8 Å². The zero-order valence-electron chi connectivity index (χ0n) is 14.0. The summed E-state index contributed by atoms with van der Waals surface area (Å²) in [6.07, 6.45) is 4.68. The third-order valence-electron chi connectivity index (χ3n) is 4.74. The molecule has 2 atom stereocenters. The fourth-order valence-corrected chi connectivity index (χ4v) is 2.79. The molecule has 3 heterocycles. The van der Waals surface area contributed by atoms with Crippen LogP contribution in [0.2, 0.25) is 0 Å². The Morgan fingerprint density at radius 3 is 3.08 bits per heavy atom. The Kier molecular flexibility index (Phi) is 4.62. The molecule has 7 nitrogen and oxygen atoms in total. The van der Waals surface area contributed by atoms with Crippen molar-refractivity contribution in [3.63, 3.8) is 0 Å². The van der Waals surface area contributed by atoms with Crippen LogP contribution in [0, 0.1) is 5.92 Å². The largest absolute Gasteiger partial charge is 0.390 e. The lowest BCUT2D eigenvalue weighted by Gasteiger charge is -2.41. The Hall–Kier alpha value is -2.28. The second kappa shape index (κ2) is 6.68. The van der Waals surface area contributed by atoms with E-state index in [1.54, 1.807) is 23.4 Å². The van der Waals surface area contributed by atoms with Crippen LogP contribution in [-0.2, 0) is 11.2 Å². The maximum Gasteiger partial charge on any atom is 0.227 e. The topological polar surface area (TPSA) is 92.4 Å². The van der Waals surface area contributed by atoms with Crippen molar-refractivity contribution in [2.45, 2.75) is 38.7 Å². The van der Waals surface area contributed by atoms with Crippen molar-refractivity contribution in [3.05, 3.63) is 30.4 Å². The highest BCUT2D eigenvalue weighted by Gasteiger charge is 2.35. The van der Waals surface area contributed by atoms with Crippen LogP contribution in [0.5, 0.6) is 0 Å². The molecule has 0 aromatic carbocycles. The van der Waals surface area contributed by atoms with Gasteiger partial charge in [-0.2, -0.15) is 4.98 Å². The van der Waals surface area contributed by atoms with Crippen LogP contribution in [0.4, 0.5) is 0 Å². The van der Waals surface area contributed by atoms with Gasteiger partial charge in [0.05, 0.1) is 5.60 Å². The van der Waals surface area contributed by atoms with E-state index in [0.717, 1.165) is 5.56 Å². The van der Waals surface area contributed by atoms with Gasteiger partial charge in [-0.05, 0) is 25.5 Å². The molecule has 0 spiro atoms. The van der Waals surface area contributed by atoms with Crippen molar-refractivity contribution in [2.24, 2.45) is 5.92 Å². The third kappa shape index (κ3) is 3.62. The highest BCUT2D eigenvalue weighted by molar-refractivity contribution is 5.76. The molecule has 7 heteroatoms. The Morgan fingerprint density at radius 2 is 2.38 bits per heavy atom. The van der Waals surface area contributed by atoms with Crippen molar-refractivity contribution in [2.75, 3.05) is 13.1 Å². The lowest BCUT2D eigenvalue weighted by Crippen LogP contribution is -2.50. The maximum atomic E-state index is 12.3. The van der Waals surface area contributed by atoms with E-state index in [0.29, 0.717) is 44.1 Å². The number of carbonyl (C=O) groups excluding carboxylic acids is 1. The summed E-state index contributed by atoms with van der Waals surface area (Å²) in [5.74, 6) is 1.04. The standard InChI is InChI=1S/C17H22N4O3/c1-12-11-21(9-7-17(12,2)23)15(22)6-5-14-19-16(20-24-14)13-4-3-8-18-10-13/h3-4,8,10,12,23H,5-7,9,11H2,1-2H3/t12-,17+/m1/s1. The zero-order chi connectivity index (χ0) is 17.2. The second-order valence-corrected chi connectivity index (χ2v) is 6.60. The van der Waals surface area contributed by atoms with Gasteiger partial charge in [0.15, 0.2) is 0 Å². The molecule has 1 fully saturated rings. The van der Waals surface area contributed by atoms with Crippen LogP contribution in [0.3, 0.4) is 0 Å². The first kappa shape index (κ1) is 16.6. The Labute approximate surface area is 140 Å². The molecule has 1 aliphatic heterocycles. The molecule has 3 rings (SSSR count). The number of aliphatic hydroxyl groups is 1. The highest BCUT2D eigenvalue weighted by Crippen LogP contribution is 2.27. The number of carbonyl (C=O) groups is 1. The van der Waals surface area contributed by atoms with Crippen molar-refractivity contribution < 1.29 is 14.4 Å². The number of piperidine rings is 1. The van der Waals surface area contributed by atoms with Crippen molar-refractivity contribution >= 4 is 5.91 Å². The van der Waals surface area contributed by atoms with E-state index in [1.165, 1.54) is 0 Å². The molecule has 24 heavy (non-hydrogen) atoms. The van der Waals surface area contributed by atoms with Gasteiger partial charge in [-0.1, -0.05) is 12.1 Å². The molecule has 128 valence electrons. The van der Waals surface area contributed by atoms with Gasteiger partial charge in [-0.15, -0.1) is 0 Å². The van der Waals surface area contributed by atoms with Gasteiger partial charge in [0.1, 0.15) is 0 Å². The number of aromatic nitrogens is 3. The third-order valence-corrected chi connectivity index (χ3v) is 4.74. The molecular formula is C17H22N4O3. The summed E-state index contributed by atoms with van der Waals surface area (Å²) in [6.45, 7) is 4.97. The van der Waals surface area contributed by atoms with E-state index in [9.17, 15) is 9.90 Å². The average molecular weight is 330 g/mol. The van der Waals surface area contributed by atoms with Gasteiger partial charge >= 0.3 is 0 Å². The van der Waals surface area contributed by atoms with E-state index in [-0.39, 0.29) is 11.8 Å². The number of nitrogens with zero attached hydrogens (tertiary/aromatic N) is 4. The number of hydrogen-bond acceptors (Lipinski definition) is 6. The predicted molar refractivity (Wildman–Crippen MR) is 86.8 cm³/mol. The first-order chi connectivity index (χ1) is 11.5. The normalized spacial score (nSPS) is 24.1. The van der Waals surface area contributed by atoms with Crippen LogP contribution in [0.1, 0.15) is 32.6 Å². The summed E-state index contributed by atoms with van der Waals surface area (Å²) in [5, 5.41) is 14.1. The van der Waals surface area contributed by atoms with E-state index >= 15 is 0 Å². The molecule has 1 amide bonds. The summed E-state index contributed by atoms with van der Waals surface area (Å²) >= 11 is 0. The molecule has 0 radical (unpaired) electrons. The first-order valence-electron chi connectivity index (χ1n) is 8.19. The summed E-state index contributed by atoms with van der Waals surface area (Å²) < 4.78 is 5.21. The molecular weight excluding hydrogens is 308 g/mol. The van der Waals surface area contributed by atoms with Crippen molar-refractivity contribution in [1.29, 1.82) is 0 Å². The molecule has 0 bridgehead atoms. The SMILES string of the molecule is C[C@@H]1CN(C(=O)CCc2nc(-c3cccnc3)no2)CC[C@]1(C)O. The molecule has 2 aromatic heterocycles. The molecule has 1 aliphatic rings. The van der Waals surface area contributed by atoms with Crippen molar-refractivity contribution in [1.82, 2.24) is 20.0 Å². The van der Waals surface area contributed by atoms with Crippen LogP contribution in [0.25, 0.3) is 11.4 Å². The summed E-state index contributed by atoms with van der Waals surface area (Å²) in [4.78, 5) is 22.5. The Balaban J connectivity index is 1.55. The van der Waals surface area contributed by atoms with Gasteiger partial charge in [-0.3, -0.25) is 9.78 Å². The smallest absolute Gasteiger partial charge is 0.227 e. The number of hydrogen-bond donors (Lipinski definition) is 1. The highest BCUT2D eigenvalue weighted by atomic mass is 16.5. The number of pyridine rings is 1. The molecule has 0 unspecified atom stereocenters. The van der Waals surface area contributed by atoms with Crippen LogP contribution in [0.15, 0.2) is 29.0 Å². The monoisotopic (exact) mass is 330 g/mol. The average Bonchev–Trinajstić information content (AvgIpc) is 3.05. The van der Waals surface area contributed by atoms with Gasteiger partial charge in [-0.25, -0.2) is 0 Å². The predicted octanol–water partition coefficient (Wildman–Crippen LogP) is 1.68. The second-order valence-electron chi connectivity index (χ2n) is 6.60. The van der Waals surface area contributed by atoms with Crippen LogP contribution >= 0.6 is 0 Å². The fraction of sp³-hybridized carbons (Fsp3) is 0.529. The zero-order valence-corrected chi connectivity index (χ0v) is 14.0. The minimum absolute atomic E-state index is 0.0541. The van der Waals surface area contributed by atoms with E-state index in [4.69, 9.17) is 4.52 Å². The lowest BCUT2D eigenvalue weighted by atomic mass is 9.84. The quantitative estimate of drug-likeness (QED) is 0.917. The number of likely N-dealkylation sites (tertiary alicyclic amines) is 1. The Morgan fingerprint density at radius 1 is 1.54 bits per heavy atom. The molecule has 1 saturated heterocycles. The number of rotatable bonds is 4. The van der Waals surface area contributed by atoms with Crippen LogP contribution < -0.4 is 0 Å². The summed E-state index contributed by atoms with van der Waals surface area (Å²) in [5.41, 5.74) is 0.0907. The van der Waals surface area contributed by atoms with E-state index in [1.807, 2.05) is 19.9 Å². The van der Waals surface area contributed by atoms with Crippen molar-refractivity contribution in [3.8, 4) is 11.4 Å². The van der Waals surface area contributed by atoms with Gasteiger partial charge in [0.25, 0.3) is 0 Å². The Bertz CT molecular complexity index is 699. The van der Waals surface area contributed by atoms with Gasteiger partial charge < -0.3 is 14.5 Å². The lowest BCUT2D eigenvalue weighted by molar-refractivity contribution is -0.138. The van der Waals surface area contributed by atoms with Crippen LogP contribution in [-0.4, -0.2) is 49.7 Å². The van der Waals surface area contributed by atoms with E-state index in [2.05, 4.69) is 15.1 Å². The number of amides is 1. The first-order valence-corrected chi connectivity index (χ1v) is 8.19. The number of aryl methyl sites for hydroxylation is 1. The molecule has 2 aromatic rings. The van der Waals surface area contributed by atoms with Gasteiger partial charge in [0.2, 0.25) is 17.6 Å².